The molecule has 1 aliphatic carbocycles. The molecule has 2 aromatic heterocycles. The zero-order valence-corrected chi connectivity index (χ0v) is 19.8. The predicted molar refractivity (Wildman–Crippen MR) is 134 cm³/mol. The van der Waals surface area contributed by atoms with Crippen molar-refractivity contribution in [3.8, 4) is 28.1 Å². The topological polar surface area (TPSA) is 57.8 Å². The summed E-state index contributed by atoms with van der Waals surface area (Å²) in [6, 6.07) is 17.8. The lowest BCUT2D eigenvalue weighted by atomic mass is 9.86. The van der Waals surface area contributed by atoms with Gasteiger partial charge in [-0.3, -0.25) is 4.79 Å². The summed E-state index contributed by atoms with van der Waals surface area (Å²) in [4.78, 5) is 19.1. The predicted octanol–water partition coefficient (Wildman–Crippen LogP) is 5.57. The molecule has 0 radical (unpaired) electrons. The molecule has 2 heterocycles. The number of methoxy groups -OCH3 is 2. The minimum Gasteiger partial charge on any atom is -0.497 e. The molecule has 0 fully saturated rings. The Bertz CT molecular complexity index is 1400. The molecule has 1 atom stereocenters. The van der Waals surface area contributed by atoms with Gasteiger partial charge in [-0.25, -0.2) is 9.67 Å². The number of nitrogens with zero attached hydrogens (tertiary/aromatic N) is 3. The van der Waals surface area contributed by atoms with E-state index in [9.17, 15) is 4.79 Å². The van der Waals surface area contributed by atoms with Crippen LogP contribution in [0.25, 0.3) is 28.0 Å². The van der Waals surface area contributed by atoms with Crippen molar-refractivity contribution < 1.29 is 9.47 Å². The first-order chi connectivity index (χ1) is 16.6. The second kappa shape index (κ2) is 9.31. The van der Waals surface area contributed by atoms with Crippen LogP contribution >= 0.6 is 0 Å². The van der Waals surface area contributed by atoms with Gasteiger partial charge >= 0.3 is 0 Å². The summed E-state index contributed by atoms with van der Waals surface area (Å²) in [5, 5.41) is 0. The average molecular weight is 456 g/mol. The molecule has 2 aromatic carbocycles. The Morgan fingerprint density at radius 3 is 2.41 bits per heavy atom. The van der Waals surface area contributed by atoms with E-state index in [1.165, 1.54) is 0 Å². The van der Waals surface area contributed by atoms with Crippen molar-refractivity contribution in [2.75, 3.05) is 14.2 Å². The summed E-state index contributed by atoms with van der Waals surface area (Å²) in [7, 11) is 3.29. The fraction of sp³-hybridized carbons (Fsp3) is 0.286. The summed E-state index contributed by atoms with van der Waals surface area (Å²) in [6.45, 7) is 2.16. The van der Waals surface area contributed by atoms with Crippen LogP contribution in [0.3, 0.4) is 0 Å². The molecular weight excluding hydrogens is 426 g/mol. The standard InChI is InChI=1S/C28H29N3O3/c1-19-24(21-14-16-23(34-3)17-15-21)28(32)31-27(29-19)25(20-10-6-4-7-11-20)26(30(31)18-33-2)22-12-8-5-9-13-22/h4-6,8-9,12-17,20H,7,10-11,18H2,1-3H3. The van der Waals surface area contributed by atoms with Gasteiger partial charge in [0, 0.05) is 18.2 Å². The second-order valence-corrected chi connectivity index (χ2v) is 8.67. The molecule has 0 spiro atoms. The maximum atomic E-state index is 14.1. The minimum absolute atomic E-state index is 0.0977. The summed E-state index contributed by atoms with van der Waals surface area (Å²) < 4.78 is 14.6. The molecule has 6 nitrogen and oxygen atoms in total. The first kappa shape index (κ1) is 22.2. The summed E-state index contributed by atoms with van der Waals surface area (Å²) in [5.74, 6) is 1.03. The SMILES string of the molecule is COCn1c(-c2ccccc2)c(C2CC=CCC2)c2nc(C)c(-c3ccc(OC)cc3)c(=O)n21. The monoisotopic (exact) mass is 455 g/mol. The molecule has 6 heteroatoms. The lowest BCUT2D eigenvalue weighted by molar-refractivity contribution is 0.118. The van der Waals surface area contributed by atoms with Crippen molar-refractivity contribution in [1.29, 1.82) is 0 Å². The maximum absolute atomic E-state index is 14.1. The highest BCUT2D eigenvalue weighted by Gasteiger charge is 2.29. The van der Waals surface area contributed by atoms with Crippen molar-refractivity contribution >= 4 is 5.65 Å². The van der Waals surface area contributed by atoms with Crippen LogP contribution in [-0.4, -0.2) is 28.4 Å². The van der Waals surface area contributed by atoms with Crippen LogP contribution in [0.15, 0.2) is 71.5 Å². The van der Waals surface area contributed by atoms with Crippen LogP contribution in [0.4, 0.5) is 0 Å². The fourth-order valence-electron chi connectivity index (χ4n) is 5.03. The molecule has 0 saturated carbocycles. The van der Waals surface area contributed by atoms with E-state index < -0.39 is 0 Å². The van der Waals surface area contributed by atoms with Crippen molar-refractivity contribution in [3.63, 3.8) is 0 Å². The van der Waals surface area contributed by atoms with E-state index in [0.717, 1.165) is 58.7 Å². The van der Waals surface area contributed by atoms with Crippen LogP contribution in [0.2, 0.25) is 0 Å². The Labute approximate surface area is 199 Å². The highest BCUT2D eigenvalue weighted by molar-refractivity contribution is 5.75. The number of aromatic nitrogens is 3. The highest BCUT2D eigenvalue weighted by Crippen LogP contribution is 2.39. The van der Waals surface area contributed by atoms with Gasteiger partial charge in [-0.15, -0.1) is 0 Å². The van der Waals surface area contributed by atoms with Crippen molar-refractivity contribution in [2.45, 2.75) is 38.8 Å². The van der Waals surface area contributed by atoms with Crippen LogP contribution in [-0.2, 0) is 11.5 Å². The van der Waals surface area contributed by atoms with Gasteiger partial charge < -0.3 is 9.47 Å². The summed E-state index contributed by atoms with van der Waals surface area (Å²) in [5.41, 5.74) is 5.92. The van der Waals surface area contributed by atoms with E-state index in [4.69, 9.17) is 14.5 Å². The van der Waals surface area contributed by atoms with Crippen LogP contribution < -0.4 is 10.3 Å². The lowest BCUT2D eigenvalue weighted by Crippen LogP contribution is -2.25. The molecular formula is C28H29N3O3. The van der Waals surface area contributed by atoms with Gasteiger partial charge in [-0.05, 0) is 49.8 Å². The Hall–Kier alpha value is -3.64. The van der Waals surface area contributed by atoms with Gasteiger partial charge in [0.2, 0.25) is 0 Å². The van der Waals surface area contributed by atoms with Crippen LogP contribution in [0, 0.1) is 6.92 Å². The average Bonchev–Trinajstić information content (AvgIpc) is 3.19. The number of benzene rings is 2. The maximum Gasteiger partial charge on any atom is 0.281 e. The van der Waals surface area contributed by atoms with Gasteiger partial charge in [-0.2, -0.15) is 4.52 Å². The molecule has 5 rings (SSSR count). The Balaban J connectivity index is 1.85. The van der Waals surface area contributed by atoms with Crippen molar-refractivity contribution in [1.82, 2.24) is 14.2 Å². The zero-order valence-electron chi connectivity index (χ0n) is 19.8. The molecule has 0 amide bonds. The number of rotatable bonds is 6. The van der Waals surface area contributed by atoms with E-state index in [0.29, 0.717) is 5.56 Å². The smallest absolute Gasteiger partial charge is 0.281 e. The Morgan fingerprint density at radius 1 is 1.00 bits per heavy atom. The fourth-order valence-corrected chi connectivity index (χ4v) is 5.03. The molecule has 0 bridgehead atoms. The van der Waals surface area contributed by atoms with Gasteiger partial charge in [-0.1, -0.05) is 54.6 Å². The van der Waals surface area contributed by atoms with Crippen LogP contribution in [0.1, 0.15) is 36.4 Å². The molecule has 4 aromatic rings. The summed E-state index contributed by atoms with van der Waals surface area (Å²) >= 11 is 0. The first-order valence-corrected chi connectivity index (χ1v) is 11.6. The molecule has 34 heavy (non-hydrogen) atoms. The number of aryl methyl sites for hydroxylation is 1. The second-order valence-electron chi connectivity index (χ2n) is 8.67. The van der Waals surface area contributed by atoms with Gasteiger partial charge in [0.1, 0.15) is 12.5 Å². The van der Waals surface area contributed by atoms with E-state index in [1.54, 1.807) is 18.7 Å². The number of hydrogen-bond acceptors (Lipinski definition) is 4. The van der Waals surface area contributed by atoms with Gasteiger partial charge in [0.25, 0.3) is 5.56 Å². The van der Waals surface area contributed by atoms with Gasteiger partial charge in [0.05, 0.1) is 24.1 Å². The largest absolute Gasteiger partial charge is 0.497 e. The van der Waals surface area contributed by atoms with E-state index in [2.05, 4.69) is 24.3 Å². The highest BCUT2D eigenvalue weighted by atomic mass is 16.5. The van der Waals surface area contributed by atoms with E-state index in [-0.39, 0.29) is 18.2 Å². The third-order valence-electron chi connectivity index (χ3n) is 6.59. The third kappa shape index (κ3) is 3.74. The molecule has 1 unspecified atom stereocenters. The molecule has 1 aliphatic rings. The molecule has 174 valence electrons. The molecule has 0 N–H and O–H groups in total. The zero-order chi connectivity index (χ0) is 23.7. The number of hydrogen-bond donors (Lipinski definition) is 0. The summed E-state index contributed by atoms with van der Waals surface area (Å²) in [6.07, 6.45) is 7.46. The molecule has 0 aliphatic heterocycles. The normalized spacial score (nSPS) is 15.7. The Morgan fingerprint density at radius 2 is 1.76 bits per heavy atom. The van der Waals surface area contributed by atoms with Gasteiger partial charge in [0.15, 0.2) is 5.65 Å². The quantitative estimate of drug-likeness (QED) is 0.357. The Kier molecular flexibility index (Phi) is 6.07. The van der Waals surface area contributed by atoms with Crippen molar-refractivity contribution in [3.05, 3.63) is 88.4 Å². The van der Waals surface area contributed by atoms with E-state index >= 15 is 0 Å². The minimum atomic E-state index is -0.0977. The van der Waals surface area contributed by atoms with Crippen molar-refractivity contribution in [2.24, 2.45) is 0 Å². The number of allylic oxidation sites excluding steroid dienone is 2. The number of ether oxygens (including phenoxy) is 2. The third-order valence-corrected chi connectivity index (χ3v) is 6.59. The van der Waals surface area contributed by atoms with Crippen LogP contribution in [0.5, 0.6) is 5.75 Å². The van der Waals surface area contributed by atoms with E-state index in [1.807, 2.05) is 54.1 Å². The first-order valence-electron chi connectivity index (χ1n) is 11.6. The molecule has 0 saturated heterocycles. The number of fused-ring (bicyclic) bond motifs is 1. The lowest BCUT2D eigenvalue weighted by Gasteiger charge is -2.19.